The van der Waals surface area contributed by atoms with Crippen LogP contribution in [0.2, 0.25) is 5.02 Å². The van der Waals surface area contributed by atoms with Crippen molar-refractivity contribution in [3.63, 3.8) is 0 Å². The van der Waals surface area contributed by atoms with Crippen molar-refractivity contribution in [1.82, 2.24) is 0 Å². The smallest absolute Gasteiger partial charge is 0.330 e. The average Bonchev–Trinajstić information content (AvgIpc) is 2.92. The fraction of sp³-hybridized carbons (Fsp3) is 0.483. The Labute approximate surface area is 230 Å². The molecule has 0 atom stereocenters. The van der Waals surface area contributed by atoms with E-state index < -0.39 is 5.97 Å². The van der Waals surface area contributed by atoms with Gasteiger partial charge in [0, 0.05) is 26.2 Å². The number of carbonyl (C=O) groups excluding carboxylic acids is 1. The second kappa shape index (κ2) is 19.3. The molecule has 0 radical (unpaired) electrons. The van der Waals surface area contributed by atoms with Crippen molar-refractivity contribution in [2.45, 2.75) is 33.1 Å². The summed E-state index contributed by atoms with van der Waals surface area (Å²) in [6, 6.07) is 11.2. The molecular formula is C29H39ClO8. The highest BCUT2D eigenvalue weighted by atomic mass is 35.5. The van der Waals surface area contributed by atoms with Gasteiger partial charge in [0.1, 0.15) is 12.4 Å². The topological polar surface area (TPSA) is 81.7 Å². The van der Waals surface area contributed by atoms with Crippen LogP contribution in [0, 0.1) is 0 Å². The third-order valence-electron chi connectivity index (χ3n) is 5.19. The van der Waals surface area contributed by atoms with E-state index in [-0.39, 0.29) is 13.4 Å². The summed E-state index contributed by atoms with van der Waals surface area (Å²) in [4.78, 5) is 11.9. The van der Waals surface area contributed by atoms with E-state index in [2.05, 4.69) is 6.92 Å². The Kier molecular flexibility index (Phi) is 16.0. The van der Waals surface area contributed by atoms with E-state index >= 15 is 0 Å². The van der Waals surface area contributed by atoms with E-state index in [0.29, 0.717) is 68.3 Å². The zero-order valence-electron chi connectivity index (χ0n) is 22.5. The van der Waals surface area contributed by atoms with Crippen molar-refractivity contribution in [2.75, 3.05) is 60.2 Å². The number of ether oxygens (including phenoxy) is 7. The molecule has 0 fully saturated rings. The molecule has 0 spiro atoms. The van der Waals surface area contributed by atoms with Crippen LogP contribution in [-0.4, -0.2) is 66.1 Å². The molecule has 0 amide bonds. The van der Waals surface area contributed by atoms with Crippen LogP contribution < -0.4 is 14.2 Å². The predicted octanol–water partition coefficient (Wildman–Crippen LogP) is 5.73. The van der Waals surface area contributed by atoms with E-state index in [1.807, 2.05) is 43.3 Å². The number of benzene rings is 2. The first-order valence-electron chi connectivity index (χ1n) is 12.9. The monoisotopic (exact) mass is 550 g/mol. The lowest BCUT2D eigenvalue weighted by Gasteiger charge is -2.14. The third kappa shape index (κ3) is 12.6. The van der Waals surface area contributed by atoms with Crippen molar-refractivity contribution < 1.29 is 38.0 Å². The number of rotatable bonds is 20. The molecule has 38 heavy (non-hydrogen) atoms. The summed E-state index contributed by atoms with van der Waals surface area (Å²) < 4.78 is 38.1. The molecule has 0 aliphatic rings. The molecule has 2 aromatic carbocycles. The van der Waals surface area contributed by atoms with Gasteiger partial charge in [0.05, 0.1) is 38.1 Å². The second-order valence-corrected chi connectivity index (χ2v) is 8.54. The Morgan fingerprint density at radius 3 is 2.39 bits per heavy atom. The molecule has 2 aromatic rings. The highest BCUT2D eigenvalue weighted by molar-refractivity contribution is 6.32. The number of carbonyl (C=O) groups is 1. The third-order valence-corrected chi connectivity index (χ3v) is 5.48. The van der Waals surface area contributed by atoms with Crippen molar-refractivity contribution in [3.8, 4) is 17.2 Å². The summed E-state index contributed by atoms with van der Waals surface area (Å²) in [5.74, 6) is 1.40. The number of hydrogen-bond acceptors (Lipinski definition) is 8. The molecule has 210 valence electrons. The molecular weight excluding hydrogens is 512 g/mol. The number of hydrogen-bond donors (Lipinski definition) is 0. The molecule has 0 saturated carbocycles. The van der Waals surface area contributed by atoms with E-state index in [0.717, 1.165) is 24.0 Å². The van der Waals surface area contributed by atoms with Crippen LogP contribution in [0.1, 0.15) is 37.8 Å². The van der Waals surface area contributed by atoms with Gasteiger partial charge in [-0.05, 0) is 54.8 Å². The molecule has 0 N–H and O–H groups in total. The number of methoxy groups -OCH3 is 1. The Morgan fingerprint density at radius 1 is 0.842 bits per heavy atom. The molecule has 0 aromatic heterocycles. The lowest BCUT2D eigenvalue weighted by molar-refractivity contribution is -0.139. The molecule has 0 bridgehead atoms. The zero-order chi connectivity index (χ0) is 27.4. The van der Waals surface area contributed by atoms with Crippen LogP contribution in [0.15, 0.2) is 42.5 Å². The number of halogens is 1. The minimum atomic E-state index is -0.424. The zero-order valence-corrected chi connectivity index (χ0v) is 23.3. The molecule has 8 nitrogen and oxygen atoms in total. The summed E-state index contributed by atoms with van der Waals surface area (Å²) in [7, 11) is 1.62. The maximum atomic E-state index is 11.9. The highest BCUT2D eigenvalue weighted by Crippen LogP contribution is 2.30. The van der Waals surface area contributed by atoms with Gasteiger partial charge in [0.2, 0.25) is 0 Å². The van der Waals surface area contributed by atoms with Crippen molar-refractivity contribution in [1.29, 1.82) is 0 Å². The molecule has 0 saturated heterocycles. The van der Waals surface area contributed by atoms with Crippen LogP contribution in [0.5, 0.6) is 17.2 Å². The first-order valence-corrected chi connectivity index (χ1v) is 13.2. The Balaban J connectivity index is 1.92. The Morgan fingerprint density at radius 2 is 1.63 bits per heavy atom. The average molecular weight is 551 g/mol. The fourth-order valence-corrected chi connectivity index (χ4v) is 3.40. The van der Waals surface area contributed by atoms with Crippen LogP contribution >= 0.6 is 11.6 Å². The first-order chi connectivity index (χ1) is 18.6. The van der Waals surface area contributed by atoms with Gasteiger partial charge in [-0.2, -0.15) is 0 Å². The molecule has 0 aliphatic heterocycles. The van der Waals surface area contributed by atoms with Gasteiger partial charge in [0.15, 0.2) is 18.3 Å². The minimum absolute atomic E-state index is 0.104. The maximum absolute atomic E-state index is 11.9. The summed E-state index contributed by atoms with van der Waals surface area (Å²) in [5.41, 5.74) is 1.82. The standard InChI is InChI=1S/C29H39ClO8/c1-4-6-14-35-28-21-23(9-12-29(31)37-19-18-33-5-2)8-11-27(28)36-15-13-24-7-10-26(25(30)20-24)38-22-34-17-16-32-3/h7-12,20-21H,4-6,13-19,22H2,1-3H3/b12-9-. The number of unbranched alkanes of at least 4 members (excludes halogenated alkanes) is 1. The first kappa shape index (κ1) is 31.4. The summed E-state index contributed by atoms with van der Waals surface area (Å²) in [6.07, 6.45) is 5.67. The lowest BCUT2D eigenvalue weighted by Crippen LogP contribution is -2.08. The molecule has 2 rings (SSSR count). The van der Waals surface area contributed by atoms with Gasteiger partial charge in [-0.15, -0.1) is 0 Å². The van der Waals surface area contributed by atoms with Gasteiger partial charge in [-0.25, -0.2) is 4.79 Å². The van der Waals surface area contributed by atoms with Crippen LogP contribution in [0.3, 0.4) is 0 Å². The molecule has 0 heterocycles. The fourth-order valence-electron chi connectivity index (χ4n) is 3.15. The highest BCUT2D eigenvalue weighted by Gasteiger charge is 2.09. The van der Waals surface area contributed by atoms with E-state index in [4.69, 9.17) is 44.8 Å². The minimum Gasteiger partial charge on any atom is -0.490 e. The normalized spacial score (nSPS) is 11.1. The van der Waals surface area contributed by atoms with E-state index in [9.17, 15) is 4.79 Å². The number of esters is 1. The van der Waals surface area contributed by atoms with Gasteiger partial charge >= 0.3 is 5.97 Å². The van der Waals surface area contributed by atoms with Crippen LogP contribution in [-0.2, 0) is 30.2 Å². The second-order valence-electron chi connectivity index (χ2n) is 8.13. The van der Waals surface area contributed by atoms with Gasteiger partial charge in [-0.1, -0.05) is 37.1 Å². The SMILES string of the molecule is CCCCOc1cc(/C=C\C(=O)OCCOCC)ccc1OCCc1ccc(OCOCCOC)c(Cl)c1. The van der Waals surface area contributed by atoms with Gasteiger partial charge in [-0.3, -0.25) is 0 Å². The van der Waals surface area contributed by atoms with Crippen molar-refractivity contribution in [2.24, 2.45) is 0 Å². The molecule has 9 heteroatoms. The Hall–Kier alpha value is -2.78. The summed E-state index contributed by atoms with van der Waals surface area (Å²) in [5, 5.41) is 0.508. The quantitative estimate of drug-likeness (QED) is 0.0894. The maximum Gasteiger partial charge on any atom is 0.330 e. The van der Waals surface area contributed by atoms with E-state index in [1.165, 1.54) is 6.08 Å². The lowest BCUT2D eigenvalue weighted by atomic mass is 10.1. The predicted molar refractivity (Wildman–Crippen MR) is 147 cm³/mol. The van der Waals surface area contributed by atoms with Crippen molar-refractivity contribution >= 4 is 23.6 Å². The van der Waals surface area contributed by atoms with Gasteiger partial charge < -0.3 is 33.2 Å². The molecule has 0 aliphatic carbocycles. The summed E-state index contributed by atoms with van der Waals surface area (Å²) in [6.45, 7) is 7.25. The van der Waals surface area contributed by atoms with Gasteiger partial charge in [0.25, 0.3) is 0 Å². The van der Waals surface area contributed by atoms with Crippen LogP contribution in [0.4, 0.5) is 0 Å². The Bertz CT molecular complexity index is 979. The summed E-state index contributed by atoms with van der Waals surface area (Å²) >= 11 is 6.36. The molecule has 0 unspecified atom stereocenters. The van der Waals surface area contributed by atoms with E-state index in [1.54, 1.807) is 13.2 Å². The largest absolute Gasteiger partial charge is 0.490 e. The van der Waals surface area contributed by atoms with Crippen molar-refractivity contribution in [3.05, 3.63) is 58.6 Å². The van der Waals surface area contributed by atoms with Crippen LogP contribution in [0.25, 0.3) is 6.08 Å².